The number of aromatic carboxylic acids is 1. The first-order valence-electron chi connectivity index (χ1n) is 12.9. The monoisotopic (exact) mass is 561 g/mol. The number of nitrogens with zero attached hydrogens (tertiary/aromatic N) is 2. The highest BCUT2D eigenvalue weighted by atomic mass is 32.2. The summed E-state index contributed by atoms with van der Waals surface area (Å²) >= 11 is 1.57. The minimum absolute atomic E-state index is 0.187. The lowest BCUT2D eigenvalue weighted by molar-refractivity contribution is 0.0696. The van der Waals surface area contributed by atoms with E-state index in [-0.39, 0.29) is 23.8 Å². The van der Waals surface area contributed by atoms with E-state index in [2.05, 4.69) is 16.4 Å². The van der Waals surface area contributed by atoms with Crippen molar-refractivity contribution in [1.29, 1.82) is 0 Å². The predicted molar refractivity (Wildman–Crippen MR) is 158 cm³/mol. The van der Waals surface area contributed by atoms with Gasteiger partial charge in [0, 0.05) is 33.3 Å². The lowest BCUT2D eigenvalue weighted by Gasteiger charge is -2.13. The maximum absolute atomic E-state index is 14.4. The summed E-state index contributed by atoms with van der Waals surface area (Å²) in [6.45, 7) is 0.596. The van der Waals surface area contributed by atoms with Crippen molar-refractivity contribution in [2.45, 2.75) is 22.9 Å². The van der Waals surface area contributed by atoms with Crippen LogP contribution in [-0.4, -0.2) is 26.5 Å². The Bertz CT molecular complexity index is 1900. The third-order valence-electron chi connectivity index (χ3n) is 6.77. The molecular formula is C33H24FN3O3S. The Hall–Kier alpha value is -4.95. The second-order valence-corrected chi connectivity index (χ2v) is 10.7. The summed E-state index contributed by atoms with van der Waals surface area (Å²) in [7, 11) is 0. The van der Waals surface area contributed by atoms with Gasteiger partial charge in [-0.05, 0) is 60.2 Å². The number of carbonyl (C=O) groups excluding carboxylic acids is 1. The molecule has 0 bridgehead atoms. The summed E-state index contributed by atoms with van der Waals surface area (Å²) in [6.07, 6.45) is 1.91. The number of benzene rings is 4. The van der Waals surface area contributed by atoms with Crippen LogP contribution in [0, 0.1) is 5.82 Å². The molecule has 0 fully saturated rings. The van der Waals surface area contributed by atoms with Gasteiger partial charge in [-0.3, -0.25) is 4.79 Å². The van der Waals surface area contributed by atoms with Crippen LogP contribution in [0.15, 0.2) is 119 Å². The lowest BCUT2D eigenvalue weighted by Crippen LogP contribution is -2.23. The molecule has 0 radical (unpaired) electrons. The summed E-state index contributed by atoms with van der Waals surface area (Å²) in [5.74, 6) is -1.63. The molecule has 0 unspecified atom stereocenters. The molecule has 6 rings (SSSR count). The molecule has 0 spiro atoms. The van der Waals surface area contributed by atoms with E-state index in [1.807, 2.05) is 71.4 Å². The van der Waals surface area contributed by atoms with Crippen molar-refractivity contribution in [1.82, 2.24) is 14.9 Å². The van der Waals surface area contributed by atoms with Crippen LogP contribution in [0.2, 0.25) is 0 Å². The molecule has 0 aliphatic heterocycles. The zero-order chi connectivity index (χ0) is 28.3. The number of hydrogen-bond donors (Lipinski definition) is 2. The molecule has 2 heterocycles. The van der Waals surface area contributed by atoms with Crippen LogP contribution in [0.4, 0.5) is 4.39 Å². The van der Waals surface area contributed by atoms with Gasteiger partial charge < -0.3 is 15.0 Å². The van der Waals surface area contributed by atoms with E-state index in [4.69, 9.17) is 5.11 Å². The van der Waals surface area contributed by atoms with Gasteiger partial charge in [-0.15, -0.1) is 0 Å². The minimum atomic E-state index is -1.000. The number of halogens is 1. The fourth-order valence-corrected chi connectivity index (χ4v) is 5.69. The summed E-state index contributed by atoms with van der Waals surface area (Å²) in [5, 5.41) is 13.8. The molecule has 41 heavy (non-hydrogen) atoms. The summed E-state index contributed by atoms with van der Waals surface area (Å²) in [5.41, 5.74) is 3.21. The van der Waals surface area contributed by atoms with Gasteiger partial charge in [-0.2, -0.15) is 0 Å². The van der Waals surface area contributed by atoms with E-state index in [9.17, 15) is 14.0 Å². The molecule has 0 aliphatic rings. The molecule has 0 saturated carbocycles. The number of para-hydroxylation sites is 1. The average Bonchev–Trinajstić information content (AvgIpc) is 3.39. The molecule has 202 valence electrons. The number of carboxylic acid groups (broad SMARTS) is 1. The number of carbonyl (C=O) groups is 2. The van der Waals surface area contributed by atoms with Gasteiger partial charge in [0.1, 0.15) is 11.3 Å². The van der Waals surface area contributed by atoms with Crippen LogP contribution in [0.3, 0.4) is 0 Å². The third-order valence-corrected chi connectivity index (χ3v) is 7.75. The Morgan fingerprint density at radius 1 is 0.854 bits per heavy atom. The first-order chi connectivity index (χ1) is 19.9. The molecule has 6 aromatic rings. The van der Waals surface area contributed by atoms with Gasteiger partial charge in [0.25, 0.3) is 5.91 Å². The van der Waals surface area contributed by atoms with Crippen LogP contribution in [0.5, 0.6) is 0 Å². The van der Waals surface area contributed by atoms with Gasteiger partial charge in [-0.1, -0.05) is 60.3 Å². The number of fused-ring (bicyclic) bond motifs is 2. The fraction of sp³-hybridized carbons (Fsp3) is 0.0606. The standard InChI is InChI=1S/C33H24FN3O3S/c34-29-8-4-5-22-13-14-25(36-30(22)29)20-37-16-15-24-17-27(41-26-6-2-1-3-7-26)18-28(31(24)37)32(38)35-19-21-9-11-23(12-10-21)33(39)40/h1-18H,19-20H2,(H,35,38)(H,39,40). The quantitative estimate of drug-likeness (QED) is 0.206. The number of hydrogen-bond acceptors (Lipinski definition) is 4. The Morgan fingerprint density at radius 3 is 2.44 bits per heavy atom. The van der Waals surface area contributed by atoms with Crippen molar-refractivity contribution in [3.63, 3.8) is 0 Å². The third kappa shape index (κ3) is 5.69. The molecule has 6 nitrogen and oxygen atoms in total. The van der Waals surface area contributed by atoms with E-state index >= 15 is 0 Å². The van der Waals surface area contributed by atoms with Crippen molar-refractivity contribution in [2.75, 3.05) is 0 Å². The highest BCUT2D eigenvalue weighted by Crippen LogP contribution is 2.33. The van der Waals surface area contributed by atoms with Crippen LogP contribution in [0.1, 0.15) is 32.0 Å². The fourth-order valence-electron chi connectivity index (χ4n) is 4.77. The second-order valence-electron chi connectivity index (χ2n) is 9.57. The summed E-state index contributed by atoms with van der Waals surface area (Å²) in [4.78, 5) is 31.3. The normalized spacial score (nSPS) is 11.1. The number of carboxylic acids is 1. The van der Waals surface area contributed by atoms with Crippen molar-refractivity contribution in [3.05, 3.63) is 138 Å². The largest absolute Gasteiger partial charge is 0.478 e. The number of pyridine rings is 1. The van der Waals surface area contributed by atoms with Gasteiger partial charge in [0.15, 0.2) is 0 Å². The van der Waals surface area contributed by atoms with Crippen molar-refractivity contribution in [3.8, 4) is 0 Å². The number of amides is 1. The van der Waals surface area contributed by atoms with Gasteiger partial charge in [-0.25, -0.2) is 14.2 Å². The number of nitrogens with one attached hydrogen (secondary N) is 1. The SMILES string of the molecule is O=C(O)c1ccc(CNC(=O)c2cc(Sc3ccccc3)cc3ccn(Cc4ccc5cccc(F)c5n4)c23)cc1. The van der Waals surface area contributed by atoms with Crippen LogP contribution in [-0.2, 0) is 13.1 Å². The van der Waals surface area contributed by atoms with E-state index in [1.54, 1.807) is 30.0 Å². The summed E-state index contributed by atoms with van der Waals surface area (Å²) < 4.78 is 16.4. The molecule has 2 aromatic heterocycles. The Labute approximate surface area is 239 Å². The zero-order valence-electron chi connectivity index (χ0n) is 21.8. The highest BCUT2D eigenvalue weighted by molar-refractivity contribution is 7.99. The Balaban J connectivity index is 1.35. The smallest absolute Gasteiger partial charge is 0.335 e. The van der Waals surface area contributed by atoms with Crippen molar-refractivity contribution < 1.29 is 19.1 Å². The Kier molecular flexibility index (Phi) is 7.22. The molecule has 8 heteroatoms. The zero-order valence-corrected chi connectivity index (χ0v) is 22.6. The highest BCUT2D eigenvalue weighted by Gasteiger charge is 2.17. The van der Waals surface area contributed by atoms with Gasteiger partial charge in [0.2, 0.25) is 0 Å². The van der Waals surface area contributed by atoms with Gasteiger partial charge in [0.05, 0.1) is 28.9 Å². The number of rotatable bonds is 8. The maximum Gasteiger partial charge on any atom is 0.335 e. The lowest BCUT2D eigenvalue weighted by atomic mass is 10.1. The molecule has 0 aliphatic carbocycles. The summed E-state index contributed by atoms with van der Waals surface area (Å²) in [6, 6.07) is 30.9. The number of aromatic nitrogens is 2. The molecular weight excluding hydrogens is 537 g/mol. The molecule has 0 saturated heterocycles. The Morgan fingerprint density at radius 2 is 1.66 bits per heavy atom. The van der Waals surface area contributed by atoms with Crippen LogP contribution in [0.25, 0.3) is 21.8 Å². The topological polar surface area (TPSA) is 84.2 Å². The first kappa shape index (κ1) is 26.3. The van der Waals surface area contributed by atoms with E-state index in [1.165, 1.54) is 18.2 Å². The van der Waals surface area contributed by atoms with E-state index in [0.717, 1.165) is 31.6 Å². The first-order valence-corrected chi connectivity index (χ1v) is 13.8. The van der Waals surface area contributed by atoms with Crippen LogP contribution < -0.4 is 5.32 Å². The molecule has 0 atom stereocenters. The molecule has 4 aromatic carbocycles. The van der Waals surface area contributed by atoms with Crippen LogP contribution >= 0.6 is 11.8 Å². The average molecular weight is 562 g/mol. The molecule has 2 N–H and O–H groups in total. The van der Waals surface area contributed by atoms with Gasteiger partial charge >= 0.3 is 5.97 Å². The van der Waals surface area contributed by atoms with Crippen molar-refractivity contribution >= 4 is 45.4 Å². The predicted octanol–water partition coefficient (Wildman–Crippen LogP) is 7.16. The molecule has 1 amide bonds. The van der Waals surface area contributed by atoms with E-state index < -0.39 is 5.97 Å². The maximum atomic E-state index is 14.4. The van der Waals surface area contributed by atoms with E-state index in [0.29, 0.717) is 23.3 Å². The minimum Gasteiger partial charge on any atom is -0.478 e. The second kappa shape index (κ2) is 11.3. The van der Waals surface area contributed by atoms with Crippen molar-refractivity contribution in [2.24, 2.45) is 0 Å².